The van der Waals surface area contributed by atoms with E-state index in [2.05, 4.69) is 22.5 Å². The predicted molar refractivity (Wildman–Crippen MR) is 97.3 cm³/mol. The molecule has 0 amide bonds. The van der Waals surface area contributed by atoms with Gasteiger partial charge in [0.25, 0.3) is 5.91 Å². The Labute approximate surface area is 147 Å². The number of nitrogens with zero attached hydrogens (tertiary/aromatic N) is 3. The molecule has 0 atom stereocenters. The van der Waals surface area contributed by atoms with Gasteiger partial charge in [0.1, 0.15) is 12.1 Å². The van der Waals surface area contributed by atoms with Crippen molar-refractivity contribution < 1.29 is 9.53 Å². The third-order valence-corrected chi connectivity index (χ3v) is 5.35. The molecule has 3 aromatic rings. The standard InChI is InChI=1S/C20H23N3O2/c1-14-19(20(24)22-11-10-21-13-22)17-12-16(25-2)8-9-18(17)23(14)15-6-4-3-5-7-15/h8-13,15H,3-7H2,1-2H3. The van der Waals surface area contributed by atoms with E-state index in [1.807, 2.05) is 12.1 Å². The van der Waals surface area contributed by atoms with Crippen LogP contribution in [0.2, 0.25) is 0 Å². The molecular weight excluding hydrogens is 314 g/mol. The van der Waals surface area contributed by atoms with E-state index in [0.29, 0.717) is 6.04 Å². The highest BCUT2D eigenvalue weighted by atomic mass is 16.5. The Hall–Kier alpha value is -2.56. The van der Waals surface area contributed by atoms with Crippen molar-refractivity contribution in [1.82, 2.24) is 14.1 Å². The average Bonchev–Trinajstić information content (AvgIpc) is 3.27. The summed E-state index contributed by atoms with van der Waals surface area (Å²) in [5.41, 5.74) is 2.90. The number of benzene rings is 1. The minimum absolute atomic E-state index is 0.0391. The Bertz CT molecular complexity index is 903. The Morgan fingerprint density at radius 2 is 2.04 bits per heavy atom. The van der Waals surface area contributed by atoms with Gasteiger partial charge < -0.3 is 9.30 Å². The molecule has 130 valence electrons. The molecule has 0 spiro atoms. The average molecular weight is 337 g/mol. The monoisotopic (exact) mass is 337 g/mol. The van der Waals surface area contributed by atoms with E-state index in [1.54, 1.807) is 30.4 Å². The maximum absolute atomic E-state index is 13.1. The van der Waals surface area contributed by atoms with Crippen LogP contribution in [0, 0.1) is 6.92 Å². The third kappa shape index (κ3) is 2.64. The molecule has 0 N–H and O–H groups in total. The number of hydrogen-bond acceptors (Lipinski definition) is 3. The van der Waals surface area contributed by atoms with Crippen molar-refractivity contribution in [2.24, 2.45) is 0 Å². The second-order valence-corrected chi connectivity index (χ2v) is 6.78. The summed E-state index contributed by atoms with van der Waals surface area (Å²) in [7, 11) is 1.66. The largest absolute Gasteiger partial charge is 0.497 e. The van der Waals surface area contributed by atoms with Crippen LogP contribution in [0.25, 0.3) is 10.9 Å². The van der Waals surface area contributed by atoms with Crippen LogP contribution >= 0.6 is 0 Å². The lowest BCUT2D eigenvalue weighted by molar-refractivity contribution is 0.0960. The Morgan fingerprint density at radius 1 is 1.24 bits per heavy atom. The van der Waals surface area contributed by atoms with Crippen molar-refractivity contribution >= 4 is 16.8 Å². The van der Waals surface area contributed by atoms with Crippen molar-refractivity contribution in [2.75, 3.05) is 7.11 Å². The first kappa shape index (κ1) is 15.9. The molecule has 1 aromatic carbocycles. The highest BCUT2D eigenvalue weighted by Crippen LogP contribution is 2.37. The van der Waals surface area contributed by atoms with Gasteiger partial charge in [-0.3, -0.25) is 9.36 Å². The summed E-state index contributed by atoms with van der Waals surface area (Å²) in [4.78, 5) is 17.1. The molecular formula is C20H23N3O2. The van der Waals surface area contributed by atoms with Crippen LogP contribution in [-0.4, -0.2) is 27.1 Å². The fourth-order valence-corrected chi connectivity index (χ4v) is 4.14. The SMILES string of the molecule is COc1ccc2c(c1)c(C(=O)n1ccnc1)c(C)n2C1CCCCC1. The fraction of sp³-hybridized carbons (Fsp3) is 0.400. The normalized spacial score (nSPS) is 15.6. The number of ether oxygens (including phenoxy) is 1. The summed E-state index contributed by atoms with van der Waals surface area (Å²) in [6.07, 6.45) is 11.1. The second-order valence-electron chi connectivity index (χ2n) is 6.78. The molecule has 2 heterocycles. The quantitative estimate of drug-likeness (QED) is 0.714. The number of methoxy groups -OCH3 is 1. The number of hydrogen-bond donors (Lipinski definition) is 0. The van der Waals surface area contributed by atoms with Crippen molar-refractivity contribution in [2.45, 2.75) is 45.1 Å². The van der Waals surface area contributed by atoms with Gasteiger partial charge in [-0.2, -0.15) is 0 Å². The summed E-state index contributed by atoms with van der Waals surface area (Å²) < 4.78 is 9.32. The van der Waals surface area contributed by atoms with E-state index in [0.717, 1.165) is 27.9 Å². The Kier molecular flexibility index (Phi) is 4.07. The zero-order valence-electron chi connectivity index (χ0n) is 14.7. The summed E-state index contributed by atoms with van der Waals surface area (Å²) in [6.45, 7) is 2.06. The summed E-state index contributed by atoms with van der Waals surface area (Å²) in [5, 5.41) is 0.959. The van der Waals surface area contributed by atoms with E-state index in [9.17, 15) is 4.79 Å². The lowest BCUT2D eigenvalue weighted by atomic mass is 9.95. The number of carbonyl (C=O) groups is 1. The molecule has 5 heteroatoms. The van der Waals surface area contributed by atoms with E-state index < -0.39 is 0 Å². The molecule has 0 bridgehead atoms. The number of aromatic nitrogens is 3. The van der Waals surface area contributed by atoms with Crippen LogP contribution in [0.1, 0.15) is 54.2 Å². The van der Waals surface area contributed by atoms with E-state index in [4.69, 9.17) is 4.74 Å². The van der Waals surface area contributed by atoms with Crippen molar-refractivity contribution in [1.29, 1.82) is 0 Å². The molecule has 0 saturated heterocycles. The van der Waals surface area contributed by atoms with Crippen LogP contribution in [-0.2, 0) is 0 Å². The number of rotatable bonds is 3. The molecule has 25 heavy (non-hydrogen) atoms. The van der Waals surface area contributed by atoms with Crippen LogP contribution in [0.4, 0.5) is 0 Å². The van der Waals surface area contributed by atoms with Gasteiger partial charge in [-0.1, -0.05) is 19.3 Å². The van der Waals surface area contributed by atoms with Crippen LogP contribution in [0.3, 0.4) is 0 Å². The molecule has 1 fully saturated rings. The maximum atomic E-state index is 13.1. The molecule has 5 nitrogen and oxygen atoms in total. The maximum Gasteiger partial charge on any atom is 0.265 e. The minimum Gasteiger partial charge on any atom is -0.497 e. The van der Waals surface area contributed by atoms with Crippen molar-refractivity contribution in [3.8, 4) is 5.75 Å². The molecule has 0 unspecified atom stereocenters. The minimum atomic E-state index is -0.0391. The smallest absolute Gasteiger partial charge is 0.265 e. The molecule has 4 rings (SSSR count). The molecule has 0 aliphatic heterocycles. The predicted octanol–water partition coefficient (Wildman–Crippen LogP) is 4.35. The first-order valence-electron chi connectivity index (χ1n) is 8.92. The summed E-state index contributed by atoms with van der Waals surface area (Å²) in [6, 6.07) is 6.51. The highest BCUT2D eigenvalue weighted by Gasteiger charge is 2.26. The topological polar surface area (TPSA) is 49.1 Å². The van der Waals surface area contributed by atoms with Gasteiger partial charge in [0.2, 0.25) is 0 Å². The van der Waals surface area contributed by atoms with Crippen LogP contribution in [0.5, 0.6) is 5.75 Å². The Morgan fingerprint density at radius 3 is 2.72 bits per heavy atom. The summed E-state index contributed by atoms with van der Waals surface area (Å²) >= 11 is 0. The molecule has 1 aliphatic carbocycles. The van der Waals surface area contributed by atoms with E-state index in [-0.39, 0.29) is 5.91 Å². The lowest BCUT2D eigenvalue weighted by Crippen LogP contribution is -2.16. The van der Waals surface area contributed by atoms with Gasteiger partial charge in [0.15, 0.2) is 0 Å². The van der Waals surface area contributed by atoms with Gasteiger partial charge in [-0.05, 0) is 38.0 Å². The number of imidazole rings is 1. The van der Waals surface area contributed by atoms with Crippen molar-refractivity contribution in [3.05, 3.63) is 48.2 Å². The molecule has 2 aromatic heterocycles. The van der Waals surface area contributed by atoms with Crippen molar-refractivity contribution in [3.63, 3.8) is 0 Å². The van der Waals surface area contributed by atoms with Gasteiger partial charge in [0.05, 0.1) is 12.7 Å². The van der Waals surface area contributed by atoms with Gasteiger partial charge >= 0.3 is 0 Å². The first-order valence-corrected chi connectivity index (χ1v) is 8.92. The van der Waals surface area contributed by atoms with E-state index >= 15 is 0 Å². The van der Waals surface area contributed by atoms with Gasteiger partial charge in [-0.15, -0.1) is 0 Å². The number of fused-ring (bicyclic) bond motifs is 1. The van der Waals surface area contributed by atoms with Crippen LogP contribution < -0.4 is 4.74 Å². The number of carbonyl (C=O) groups excluding carboxylic acids is 1. The van der Waals surface area contributed by atoms with Crippen LogP contribution in [0.15, 0.2) is 36.9 Å². The molecule has 1 aliphatic rings. The van der Waals surface area contributed by atoms with Gasteiger partial charge in [-0.25, -0.2) is 4.98 Å². The van der Waals surface area contributed by atoms with E-state index in [1.165, 1.54) is 32.1 Å². The summed E-state index contributed by atoms with van der Waals surface area (Å²) in [5.74, 6) is 0.732. The van der Waals surface area contributed by atoms with Gasteiger partial charge in [0, 0.05) is 35.0 Å². The molecule has 1 saturated carbocycles. The zero-order valence-corrected chi connectivity index (χ0v) is 14.7. The molecule has 0 radical (unpaired) electrons. The second kappa shape index (κ2) is 6.39. The lowest BCUT2D eigenvalue weighted by Gasteiger charge is -2.26. The first-order chi connectivity index (χ1) is 12.2. The fourth-order valence-electron chi connectivity index (χ4n) is 4.14. The zero-order chi connectivity index (χ0) is 17.4. The Balaban J connectivity index is 1.94. The third-order valence-electron chi connectivity index (χ3n) is 5.35. The highest BCUT2D eigenvalue weighted by molar-refractivity contribution is 6.09.